The molecule has 2 aromatic heterocycles. The molecule has 8 heteroatoms. The Morgan fingerprint density at radius 3 is 2.97 bits per heavy atom. The molecule has 1 atom stereocenters. The van der Waals surface area contributed by atoms with Crippen LogP contribution in [0.5, 0.6) is 11.5 Å². The lowest BCUT2D eigenvalue weighted by atomic mass is 9.97. The number of fused-ring (bicyclic) bond motifs is 4. The number of para-hydroxylation sites is 2. The molecule has 0 saturated carbocycles. The van der Waals surface area contributed by atoms with Gasteiger partial charge in [0.05, 0.1) is 18.3 Å². The lowest BCUT2D eigenvalue weighted by Gasteiger charge is -2.26. The highest BCUT2D eigenvalue weighted by molar-refractivity contribution is 7.18. The van der Waals surface area contributed by atoms with Crippen LogP contribution in [0, 0.1) is 0 Å². The quantitative estimate of drug-likeness (QED) is 0.712. The Morgan fingerprint density at radius 2 is 2.07 bits per heavy atom. The van der Waals surface area contributed by atoms with Crippen molar-refractivity contribution < 1.29 is 14.3 Å². The van der Waals surface area contributed by atoms with Crippen molar-refractivity contribution in [2.45, 2.75) is 38.3 Å². The number of aryl methyl sites for hydroxylation is 2. The van der Waals surface area contributed by atoms with E-state index in [9.17, 15) is 9.59 Å². The van der Waals surface area contributed by atoms with Crippen molar-refractivity contribution in [2.75, 3.05) is 13.2 Å². The minimum atomic E-state index is -0.268. The van der Waals surface area contributed by atoms with Crippen LogP contribution in [0.4, 0.5) is 0 Å². The van der Waals surface area contributed by atoms with E-state index in [1.807, 2.05) is 24.3 Å². The molecular formula is C21H21N3O4S. The maximum absolute atomic E-state index is 12.9. The van der Waals surface area contributed by atoms with E-state index >= 15 is 0 Å². The topological polar surface area (TPSA) is 82.5 Å². The summed E-state index contributed by atoms with van der Waals surface area (Å²) in [6.07, 6.45) is 5.40. The first kappa shape index (κ1) is 18.2. The fraction of sp³-hybridized carbons (Fsp3) is 0.381. The van der Waals surface area contributed by atoms with E-state index in [0.29, 0.717) is 30.0 Å². The van der Waals surface area contributed by atoms with Crippen LogP contribution in [-0.2, 0) is 24.2 Å². The summed E-state index contributed by atoms with van der Waals surface area (Å²) in [5.41, 5.74) is 1.01. The Morgan fingerprint density at radius 1 is 1.24 bits per heavy atom. The zero-order valence-corrected chi connectivity index (χ0v) is 16.7. The number of nitrogens with one attached hydrogen (secondary N) is 1. The van der Waals surface area contributed by atoms with Gasteiger partial charge in [0, 0.05) is 4.88 Å². The van der Waals surface area contributed by atoms with Gasteiger partial charge in [0.15, 0.2) is 11.5 Å². The van der Waals surface area contributed by atoms with Crippen LogP contribution in [0.15, 0.2) is 35.4 Å². The van der Waals surface area contributed by atoms with Crippen LogP contribution >= 0.6 is 11.3 Å². The molecule has 150 valence electrons. The fourth-order valence-electron chi connectivity index (χ4n) is 3.90. The average molecular weight is 411 g/mol. The Hall–Kier alpha value is -2.87. The van der Waals surface area contributed by atoms with Crippen molar-refractivity contribution in [1.82, 2.24) is 14.9 Å². The van der Waals surface area contributed by atoms with Gasteiger partial charge >= 0.3 is 0 Å². The molecule has 1 aliphatic heterocycles. The zero-order valence-electron chi connectivity index (χ0n) is 15.8. The van der Waals surface area contributed by atoms with E-state index in [1.165, 1.54) is 15.8 Å². The minimum absolute atomic E-state index is 0.0590. The van der Waals surface area contributed by atoms with Gasteiger partial charge in [-0.2, -0.15) is 0 Å². The number of hydrogen-bond acceptors (Lipinski definition) is 6. The number of thiophene rings is 1. The van der Waals surface area contributed by atoms with Gasteiger partial charge < -0.3 is 14.8 Å². The molecule has 1 N–H and O–H groups in total. The number of aromatic nitrogens is 2. The molecule has 5 rings (SSSR count). The van der Waals surface area contributed by atoms with E-state index in [1.54, 1.807) is 11.3 Å². The van der Waals surface area contributed by atoms with Gasteiger partial charge in [0.25, 0.3) is 5.56 Å². The predicted molar refractivity (Wildman–Crippen MR) is 110 cm³/mol. The summed E-state index contributed by atoms with van der Waals surface area (Å²) in [6.45, 7) is 0.619. The van der Waals surface area contributed by atoms with Gasteiger partial charge in [0.2, 0.25) is 5.91 Å². The van der Waals surface area contributed by atoms with Gasteiger partial charge in [-0.05, 0) is 43.4 Å². The number of rotatable bonds is 4. The lowest BCUT2D eigenvalue weighted by molar-refractivity contribution is -0.122. The van der Waals surface area contributed by atoms with Crippen LogP contribution in [-0.4, -0.2) is 34.7 Å². The van der Waals surface area contributed by atoms with Crippen molar-refractivity contribution >= 4 is 27.5 Å². The number of hydrogen-bond donors (Lipinski definition) is 1. The molecule has 0 bridgehead atoms. The van der Waals surface area contributed by atoms with E-state index in [0.717, 1.165) is 36.1 Å². The molecule has 0 saturated heterocycles. The Bertz CT molecular complexity index is 1140. The van der Waals surface area contributed by atoms with Crippen molar-refractivity contribution in [3.05, 3.63) is 51.4 Å². The number of benzene rings is 1. The Balaban J connectivity index is 1.26. The molecule has 2 aliphatic rings. The molecule has 0 radical (unpaired) electrons. The molecule has 29 heavy (non-hydrogen) atoms. The normalized spacial score (nSPS) is 17.7. The molecule has 0 spiro atoms. The maximum Gasteiger partial charge on any atom is 0.262 e. The van der Waals surface area contributed by atoms with Gasteiger partial charge in [-0.1, -0.05) is 12.1 Å². The third kappa shape index (κ3) is 3.48. The van der Waals surface area contributed by atoms with Crippen LogP contribution < -0.4 is 20.3 Å². The first-order valence-corrected chi connectivity index (χ1v) is 10.7. The largest absolute Gasteiger partial charge is 0.486 e. The third-order valence-corrected chi connectivity index (χ3v) is 6.55. The molecule has 1 amide bonds. The van der Waals surface area contributed by atoms with Crippen molar-refractivity contribution in [1.29, 1.82) is 0 Å². The third-order valence-electron chi connectivity index (χ3n) is 5.35. The second-order valence-corrected chi connectivity index (χ2v) is 8.45. The summed E-state index contributed by atoms with van der Waals surface area (Å²) in [5.74, 6) is 1.13. The summed E-state index contributed by atoms with van der Waals surface area (Å²) >= 11 is 1.61. The van der Waals surface area contributed by atoms with Gasteiger partial charge in [0.1, 0.15) is 24.1 Å². The van der Waals surface area contributed by atoms with Crippen LogP contribution in [0.3, 0.4) is 0 Å². The van der Waals surface area contributed by atoms with Crippen LogP contribution in [0.25, 0.3) is 10.2 Å². The number of carbonyl (C=O) groups is 1. The molecule has 0 fully saturated rings. The molecule has 1 aromatic carbocycles. The predicted octanol–water partition coefficient (Wildman–Crippen LogP) is 2.29. The van der Waals surface area contributed by atoms with Crippen molar-refractivity contribution in [2.24, 2.45) is 0 Å². The first-order chi connectivity index (χ1) is 14.2. The smallest absolute Gasteiger partial charge is 0.262 e. The molecule has 1 unspecified atom stereocenters. The average Bonchev–Trinajstić information content (AvgIpc) is 3.13. The SMILES string of the molecule is O=C(Cn1cnc2sc3c(c2c1=O)CCCC3)NCC1COc2ccccc2O1. The van der Waals surface area contributed by atoms with E-state index in [2.05, 4.69) is 10.3 Å². The molecule has 7 nitrogen and oxygen atoms in total. The second-order valence-electron chi connectivity index (χ2n) is 7.37. The molecular weight excluding hydrogens is 390 g/mol. The second kappa shape index (κ2) is 7.51. The number of ether oxygens (including phenoxy) is 2. The summed E-state index contributed by atoms with van der Waals surface area (Å²) in [6, 6.07) is 7.45. The highest BCUT2D eigenvalue weighted by Gasteiger charge is 2.22. The minimum Gasteiger partial charge on any atom is -0.486 e. The molecule has 1 aliphatic carbocycles. The maximum atomic E-state index is 12.9. The zero-order chi connectivity index (χ0) is 19.8. The monoisotopic (exact) mass is 411 g/mol. The first-order valence-electron chi connectivity index (χ1n) is 9.84. The summed E-state index contributed by atoms with van der Waals surface area (Å²) in [7, 11) is 0. The number of carbonyl (C=O) groups excluding carboxylic acids is 1. The van der Waals surface area contributed by atoms with Crippen molar-refractivity contribution in [3.8, 4) is 11.5 Å². The van der Waals surface area contributed by atoms with E-state index in [4.69, 9.17) is 9.47 Å². The van der Waals surface area contributed by atoms with Gasteiger partial charge in [-0.3, -0.25) is 14.2 Å². The molecule has 3 aromatic rings. The fourth-order valence-corrected chi connectivity index (χ4v) is 5.12. The van der Waals surface area contributed by atoms with Crippen LogP contribution in [0.2, 0.25) is 0 Å². The standard InChI is InChI=1S/C21H21N3O4S/c25-18(22-9-13-11-27-15-6-2-3-7-16(15)28-13)10-24-12-23-20-19(21(24)26)14-5-1-4-8-17(14)29-20/h2-3,6-7,12-13H,1,4-5,8-11H2,(H,22,25). The van der Waals surface area contributed by atoms with Crippen molar-refractivity contribution in [3.63, 3.8) is 0 Å². The highest BCUT2D eigenvalue weighted by atomic mass is 32.1. The Labute approximate surface area is 171 Å². The summed E-state index contributed by atoms with van der Waals surface area (Å²) < 4.78 is 12.9. The van der Waals surface area contributed by atoms with Gasteiger partial charge in [-0.15, -0.1) is 11.3 Å². The summed E-state index contributed by atoms with van der Waals surface area (Å²) in [5, 5.41) is 3.53. The van der Waals surface area contributed by atoms with E-state index in [-0.39, 0.29) is 24.1 Å². The lowest BCUT2D eigenvalue weighted by Crippen LogP contribution is -2.42. The van der Waals surface area contributed by atoms with E-state index < -0.39 is 0 Å². The Kier molecular flexibility index (Phi) is 4.71. The highest BCUT2D eigenvalue weighted by Crippen LogP contribution is 2.33. The van der Waals surface area contributed by atoms with Crippen LogP contribution in [0.1, 0.15) is 23.3 Å². The number of amides is 1. The summed E-state index contributed by atoms with van der Waals surface area (Å²) in [4.78, 5) is 31.9. The number of nitrogens with zero attached hydrogens (tertiary/aromatic N) is 2. The van der Waals surface area contributed by atoms with Gasteiger partial charge in [-0.25, -0.2) is 4.98 Å². The molecule has 3 heterocycles.